The molecule has 0 saturated carbocycles. The summed E-state index contributed by atoms with van der Waals surface area (Å²) < 4.78 is 10.3. The van der Waals surface area contributed by atoms with Crippen molar-refractivity contribution in [1.29, 1.82) is 0 Å². The van der Waals surface area contributed by atoms with Gasteiger partial charge in [-0.25, -0.2) is 0 Å². The number of carbonyl (C=O) groups is 1. The number of hydrogen-bond acceptors (Lipinski definition) is 3. The fourth-order valence-corrected chi connectivity index (χ4v) is 1.52. The topological polar surface area (TPSA) is 35.5 Å². The third-order valence-electron chi connectivity index (χ3n) is 2.38. The molecular formula is C12H15ClO3. The highest BCUT2D eigenvalue weighted by Crippen LogP contribution is 2.28. The highest BCUT2D eigenvalue weighted by atomic mass is 35.5. The lowest BCUT2D eigenvalue weighted by molar-refractivity contribution is -0.114. The maximum absolute atomic E-state index is 10.9. The van der Waals surface area contributed by atoms with E-state index in [9.17, 15) is 4.79 Å². The molecule has 0 unspecified atom stereocenters. The van der Waals surface area contributed by atoms with Crippen LogP contribution in [0.15, 0.2) is 18.2 Å². The molecule has 1 atom stereocenters. The van der Waals surface area contributed by atoms with Crippen molar-refractivity contribution in [3.05, 3.63) is 23.8 Å². The molecule has 0 aromatic heterocycles. The van der Waals surface area contributed by atoms with Gasteiger partial charge < -0.3 is 9.47 Å². The van der Waals surface area contributed by atoms with Crippen LogP contribution in [0.2, 0.25) is 0 Å². The van der Waals surface area contributed by atoms with E-state index >= 15 is 0 Å². The molecule has 0 heterocycles. The van der Waals surface area contributed by atoms with Gasteiger partial charge in [0.1, 0.15) is 0 Å². The number of halogens is 1. The summed E-state index contributed by atoms with van der Waals surface area (Å²) >= 11 is 5.42. The minimum Gasteiger partial charge on any atom is -0.493 e. The first-order valence-corrected chi connectivity index (χ1v) is 5.36. The molecule has 4 heteroatoms. The maximum atomic E-state index is 10.9. The number of carbonyl (C=O) groups excluding carboxylic acids is 1. The molecule has 0 N–H and O–H groups in total. The minimum absolute atomic E-state index is 0.195. The van der Waals surface area contributed by atoms with Crippen LogP contribution in [0.4, 0.5) is 0 Å². The first kappa shape index (κ1) is 12.8. The Hall–Kier alpha value is -1.22. The molecule has 0 bridgehead atoms. The first-order valence-electron chi connectivity index (χ1n) is 4.98. The van der Waals surface area contributed by atoms with Crippen molar-refractivity contribution in [1.82, 2.24) is 0 Å². The molecule has 0 aliphatic carbocycles. The zero-order valence-corrected chi connectivity index (χ0v) is 10.4. The van der Waals surface area contributed by atoms with Gasteiger partial charge in [-0.1, -0.05) is 13.0 Å². The molecule has 0 radical (unpaired) electrons. The van der Waals surface area contributed by atoms with Crippen molar-refractivity contribution in [2.75, 3.05) is 14.2 Å². The van der Waals surface area contributed by atoms with E-state index in [2.05, 4.69) is 0 Å². The lowest BCUT2D eigenvalue weighted by atomic mass is 10.0. The zero-order chi connectivity index (χ0) is 12.1. The van der Waals surface area contributed by atoms with E-state index in [1.54, 1.807) is 21.1 Å². The molecule has 0 aliphatic rings. The van der Waals surface area contributed by atoms with Crippen molar-refractivity contribution >= 4 is 16.8 Å². The van der Waals surface area contributed by atoms with E-state index in [-0.39, 0.29) is 11.2 Å². The summed E-state index contributed by atoms with van der Waals surface area (Å²) in [6.07, 6.45) is 0.600. The van der Waals surface area contributed by atoms with Crippen LogP contribution in [0.3, 0.4) is 0 Å². The summed E-state index contributed by atoms with van der Waals surface area (Å²) in [7, 11) is 3.17. The lowest BCUT2D eigenvalue weighted by Crippen LogP contribution is -2.07. The Morgan fingerprint density at radius 2 is 1.94 bits per heavy atom. The van der Waals surface area contributed by atoms with Gasteiger partial charge in [0.05, 0.1) is 14.2 Å². The molecule has 0 aliphatic heterocycles. The van der Waals surface area contributed by atoms with Crippen LogP contribution in [-0.4, -0.2) is 19.5 Å². The van der Waals surface area contributed by atoms with Crippen molar-refractivity contribution in [2.24, 2.45) is 5.92 Å². The average Bonchev–Trinajstić information content (AvgIpc) is 2.28. The summed E-state index contributed by atoms with van der Waals surface area (Å²) in [5.74, 6) is 1.14. The highest BCUT2D eigenvalue weighted by Gasteiger charge is 2.12. The molecule has 1 rings (SSSR count). The van der Waals surface area contributed by atoms with Gasteiger partial charge in [0.15, 0.2) is 11.5 Å². The Balaban J connectivity index is 2.86. The van der Waals surface area contributed by atoms with E-state index in [0.717, 1.165) is 5.56 Å². The summed E-state index contributed by atoms with van der Waals surface area (Å²) in [5, 5.41) is -0.324. The maximum Gasteiger partial charge on any atom is 0.224 e. The van der Waals surface area contributed by atoms with Gasteiger partial charge in [0.2, 0.25) is 5.24 Å². The quantitative estimate of drug-likeness (QED) is 0.745. The second-order valence-electron chi connectivity index (χ2n) is 3.60. The third-order valence-corrected chi connectivity index (χ3v) is 2.75. The van der Waals surface area contributed by atoms with Crippen LogP contribution >= 0.6 is 11.6 Å². The smallest absolute Gasteiger partial charge is 0.224 e. The summed E-state index contributed by atoms with van der Waals surface area (Å²) in [4.78, 5) is 10.9. The largest absolute Gasteiger partial charge is 0.493 e. The second-order valence-corrected chi connectivity index (χ2v) is 3.97. The average molecular weight is 243 g/mol. The molecular weight excluding hydrogens is 228 g/mol. The zero-order valence-electron chi connectivity index (χ0n) is 9.62. The van der Waals surface area contributed by atoms with Crippen LogP contribution in [0, 0.1) is 5.92 Å². The molecule has 1 aromatic rings. The van der Waals surface area contributed by atoms with E-state index < -0.39 is 0 Å². The van der Waals surface area contributed by atoms with E-state index in [4.69, 9.17) is 21.1 Å². The minimum atomic E-state index is -0.324. The normalized spacial score (nSPS) is 12.0. The van der Waals surface area contributed by atoms with Gasteiger partial charge in [-0.3, -0.25) is 4.79 Å². The standard InChI is InChI=1S/C12H15ClO3/c1-8(12(13)14)6-9-4-5-10(15-2)11(7-9)16-3/h4-5,7-8H,6H2,1-3H3/t8-/m1/s1. The van der Waals surface area contributed by atoms with E-state index in [1.807, 2.05) is 18.2 Å². The van der Waals surface area contributed by atoms with Crippen molar-refractivity contribution in [2.45, 2.75) is 13.3 Å². The molecule has 1 aromatic carbocycles. The van der Waals surface area contributed by atoms with Crippen molar-refractivity contribution in [3.8, 4) is 11.5 Å². The number of ether oxygens (including phenoxy) is 2. The molecule has 16 heavy (non-hydrogen) atoms. The lowest BCUT2D eigenvalue weighted by Gasteiger charge is -2.11. The molecule has 0 saturated heterocycles. The summed E-state index contributed by atoms with van der Waals surface area (Å²) in [6.45, 7) is 1.80. The Labute approximate surface area is 100 Å². The van der Waals surface area contributed by atoms with Crippen molar-refractivity contribution < 1.29 is 14.3 Å². The number of methoxy groups -OCH3 is 2. The predicted molar refractivity (Wildman–Crippen MR) is 63.3 cm³/mol. The SMILES string of the molecule is COc1ccc(C[C@@H](C)C(=O)Cl)cc1OC. The van der Waals surface area contributed by atoms with E-state index in [1.165, 1.54) is 0 Å². The van der Waals surface area contributed by atoms with Gasteiger partial charge in [0.25, 0.3) is 0 Å². The second kappa shape index (κ2) is 5.75. The number of rotatable bonds is 5. The van der Waals surface area contributed by atoms with Crippen LogP contribution < -0.4 is 9.47 Å². The molecule has 0 spiro atoms. The fraction of sp³-hybridized carbons (Fsp3) is 0.417. The Morgan fingerprint density at radius 1 is 1.31 bits per heavy atom. The Kier molecular flexibility index (Phi) is 4.62. The predicted octanol–water partition coefficient (Wildman–Crippen LogP) is 2.65. The van der Waals surface area contributed by atoms with Crippen LogP contribution in [0.5, 0.6) is 11.5 Å². The van der Waals surface area contributed by atoms with Gasteiger partial charge in [-0.2, -0.15) is 0 Å². The summed E-state index contributed by atoms with van der Waals surface area (Å²) in [6, 6.07) is 5.58. The fourth-order valence-electron chi connectivity index (χ4n) is 1.44. The molecule has 0 amide bonds. The van der Waals surface area contributed by atoms with E-state index in [0.29, 0.717) is 17.9 Å². The first-order chi connectivity index (χ1) is 7.58. The Morgan fingerprint density at radius 3 is 2.44 bits per heavy atom. The van der Waals surface area contributed by atoms with Gasteiger partial charge in [0, 0.05) is 5.92 Å². The molecule has 3 nitrogen and oxygen atoms in total. The van der Waals surface area contributed by atoms with Gasteiger partial charge in [-0.05, 0) is 35.7 Å². The van der Waals surface area contributed by atoms with Crippen LogP contribution in [0.25, 0.3) is 0 Å². The summed E-state index contributed by atoms with van der Waals surface area (Å²) in [5.41, 5.74) is 0.999. The van der Waals surface area contributed by atoms with Crippen LogP contribution in [0.1, 0.15) is 12.5 Å². The third kappa shape index (κ3) is 3.14. The van der Waals surface area contributed by atoms with Gasteiger partial charge >= 0.3 is 0 Å². The van der Waals surface area contributed by atoms with Gasteiger partial charge in [-0.15, -0.1) is 0 Å². The molecule has 0 fully saturated rings. The van der Waals surface area contributed by atoms with Crippen molar-refractivity contribution in [3.63, 3.8) is 0 Å². The Bertz CT molecular complexity index is 377. The molecule has 88 valence electrons. The monoisotopic (exact) mass is 242 g/mol. The number of benzene rings is 1. The van der Waals surface area contributed by atoms with Crippen LogP contribution in [-0.2, 0) is 11.2 Å². The number of hydrogen-bond donors (Lipinski definition) is 0. The highest BCUT2D eigenvalue weighted by molar-refractivity contribution is 6.63.